The number of nitrogens with zero attached hydrogens (tertiary/aromatic N) is 1. The van der Waals surface area contributed by atoms with E-state index in [-0.39, 0.29) is 12.3 Å². The molecule has 0 radical (unpaired) electrons. The van der Waals surface area contributed by atoms with E-state index in [1.165, 1.54) is 7.11 Å². The van der Waals surface area contributed by atoms with Gasteiger partial charge in [0, 0.05) is 16.4 Å². The molecule has 158 valence electrons. The number of rotatable bonds is 6. The molecule has 0 aliphatic heterocycles. The van der Waals surface area contributed by atoms with Gasteiger partial charge in [-0.2, -0.15) is 5.10 Å². The van der Waals surface area contributed by atoms with E-state index < -0.39 is 11.8 Å². The van der Waals surface area contributed by atoms with Crippen LogP contribution in [0.15, 0.2) is 41.5 Å². The zero-order valence-corrected chi connectivity index (χ0v) is 17.9. The van der Waals surface area contributed by atoms with Gasteiger partial charge >= 0.3 is 11.8 Å². The highest BCUT2D eigenvalue weighted by Crippen LogP contribution is 2.25. The Balaban J connectivity index is 1.92. The molecule has 30 heavy (non-hydrogen) atoms. The molecule has 8 nitrogen and oxygen atoms in total. The van der Waals surface area contributed by atoms with Crippen molar-refractivity contribution >= 4 is 46.4 Å². The number of hydrazone groups is 1. The van der Waals surface area contributed by atoms with E-state index in [0.29, 0.717) is 27.9 Å². The Labute approximate surface area is 179 Å². The quantitative estimate of drug-likeness (QED) is 0.370. The average Bonchev–Trinajstić information content (AvgIpc) is 2.69. The van der Waals surface area contributed by atoms with Crippen LogP contribution in [0.25, 0.3) is 0 Å². The molecule has 0 unspecified atom stereocenters. The summed E-state index contributed by atoms with van der Waals surface area (Å²) < 4.78 is 5.16. The molecule has 3 N–H and O–H groups in total. The zero-order valence-electron chi connectivity index (χ0n) is 17.1. The highest BCUT2D eigenvalue weighted by molar-refractivity contribution is 6.39. The summed E-state index contributed by atoms with van der Waals surface area (Å²) in [7, 11) is 1.46. The molecule has 0 spiro atoms. The maximum absolute atomic E-state index is 12.2. The van der Waals surface area contributed by atoms with Crippen molar-refractivity contribution in [3.63, 3.8) is 0 Å². The third-order valence-corrected chi connectivity index (χ3v) is 4.53. The van der Waals surface area contributed by atoms with Gasteiger partial charge in [-0.1, -0.05) is 23.7 Å². The molecule has 0 atom stereocenters. The van der Waals surface area contributed by atoms with Gasteiger partial charge in [0.25, 0.3) is 0 Å². The second kappa shape index (κ2) is 10.4. The lowest BCUT2D eigenvalue weighted by Crippen LogP contribution is -2.33. The molecular formula is C21H23ClN4O4. The Morgan fingerprint density at radius 3 is 2.47 bits per heavy atom. The molecule has 9 heteroatoms. The van der Waals surface area contributed by atoms with Gasteiger partial charge in [-0.15, -0.1) is 0 Å². The third-order valence-electron chi connectivity index (χ3n) is 4.12. The van der Waals surface area contributed by atoms with Crippen molar-refractivity contribution in [3.8, 4) is 5.75 Å². The van der Waals surface area contributed by atoms with Gasteiger partial charge < -0.3 is 15.4 Å². The number of aryl methyl sites for hydroxylation is 1. The lowest BCUT2D eigenvalue weighted by atomic mass is 10.2. The van der Waals surface area contributed by atoms with E-state index in [4.69, 9.17) is 16.3 Å². The van der Waals surface area contributed by atoms with Crippen LogP contribution in [0.4, 0.5) is 11.4 Å². The first-order valence-corrected chi connectivity index (χ1v) is 9.43. The van der Waals surface area contributed by atoms with Crippen molar-refractivity contribution in [2.24, 2.45) is 5.10 Å². The summed E-state index contributed by atoms with van der Waals surface area (Å²) in [4.78, 5) is 36.3. The number of anilines is 2. The van der Waals surface area contributed by atoms with E-state index in [2.05, 4.69) is 21.2 Å². The van der Waals surface area contributed by atoms with Gasteiger partial charge in [-0.05, 0) is 56.2 Å². The summed E-state index contributed by atoms with van der Waals surface area (Å²) in [6.07, 6.45) is -0.0699. The Hall–Kier alpha value is -3.39. The third kappa shape index (κ3) is 6.31. The summed E-state index contributed by atoms with van der Waals surface area (Å²) >= 11 is 6.03. The van der Waals surface area contributed by atoms with Crippen LogP contribution in [-0.2, 0) is 14.4 Å². The van der Waals surface area contributed by atoms with Crippen molar-refractivity contribution in [2.45, 2.75) is 27.2 Å². The summed E-state index contributed by atoms with van der Waals surface area (Å²) in [5.74, 6) is -1.78. The average molecular weight is 431 g/mol. The predicted molar refractivity (Wildman–Crippen MR) is 117 cm³/mol. The van der Waals surface area contributed by atoms with Crippen molar-refractivity contribution in [1.82, 2.24) is 5.43 Å². The van der Waals surface area contributed by atoms with Crippen LogP contribution >= 0.6 is 11.6 Å². The van der Waals surface area contributed by atoms with E-state index in [1.54, 1.807) is 44.2 Å². The number of methoxy groups -OCH3 is 1. The molecule has 0 heterocycles. The van der Waals surface area contributed by atoms with Crippen LogP contribution in [0.2, 0.25) is 5.02 Å². The fraction of sp³-hybridized carbons (Fsp3) is 0.238. The standard InChI is InChI=1S/C21H23ClN4O4/c1-12-8-9-18(30-4)17(10-12)24-20(28)21(29)26-25-13(2)11-19(27)23-16-7-5-6-15(22)14(16)3/h5-10H,11H2,1-4H3,(H,23,27)(H,24,28)(H,26,29)/b25-13-. The maximum atomic E-state index is 12.2. The Kier molecular flexibility index (Phi) is 7.94. The lowest BCUT2D eigenvalue weighted by Gasteiger charge is -2.10. The largest absolute Gasteiger partial charge is 0.495 e. The molecule has 0 saturated heterocycles. The van der Waals surface area contributed by atoms with Crippen LogP contribution in [0.5, 0.6) is 5.75 Å². The number of hydrogen-bond acceptors (Lipinski definition) is 5. The van der Waals surface area contributed by atoms with Crippen molar-refractivity contribution < 1.29 is 19.1 Å². The molecule has 0 aromatic heterocycles. The molecule has 0 bridgehead atoms. The number of benzene rings is 2. The smallest absolute Gasteiger partial charge is 0.329 e. The molecule has 0 aliphatic carbocycles. The van der Waals surface area contributed by atoms with Gasteiger partial charge in [0.15, 0.2) is 0 Å². The normalized spacial score (nSPS) is 10.9. The zero-order chi connectivity index (χ0) is 22.3. The first-order valence-electron chi connectivity index (χ1n) is 9.05. The summed E-state index contributed by atoms with van der Waals surface area (Å²) in [5, 5.41) is 9.56. The molecule has 3 amide bonds. The predicted octanol–water partition coefficient (Wildman–Crippen LogP) is 3.42. The monoisotopic (exact) mass is 430 g/mol. The Morgan fingerprint density at radius 2 is 1.77 bits per heavy atom. The Morgan fingerprint density at radius 1 is 1.03 bits per heavy atom. The van der Waals surface area contributed by atoms with Crippen LogP contribution in [0.1, 0.15) is 24.5 Å². The SMILES string of the molecule is COc1ccc(C)cc1NC(=O)C(=O)N/N=C(/C)CC(=O)Nc1cccc(Cl)c1C. The molecule has 2 aromatic rings. The number of hydrogen-bond donors (Lipinski definition) is 3. The minimum Gasteiger partial charge on any atom is -0.495 e. The van der Waals surface area contributed by atoms with Crippen LogP contribution in [0, 0.1) is 13.8 Å². The fourth-order valence-electron chi connectivity index (χ4n) is 2.50. The lowest BCUT2D eigenvalue weighted by molar-refractivity contribution is -0.136. The van der Waals surface area contributed by atoms with Crippen molar-refractivity contribution in [3.05, 3.63) is 52.5 Å². The van der Waals surface area contributed by atoms with Gasteiger partial charge in [0.2, 0.25) is 5.91 Å². The number of carbonyl (C=O) groups excluding carboxylic acids is 3. The topological polar surface area (TPSA) is 109 Å². The minimum atomic E-state index is -0.969. The second-order valence-electron chi connectivity index (χ2n) is 6.58. The summed E-state index contributed by atoms with van der Waals surface area (Å²) in [6.45, 7) is 5.20. The summed E-state index contributed by atoms with van der Waals surface area (Å²) in [6, 6.07) is 10.4. The highest BCUT2D eigenvalue weighted by atomic mass is 35.5. The van der Waals surface area contributed by atoms with E-state index in [0.717, 1.165) is 11.1 Å². The van der Waals surface area contributed by atoms with E-state index >= 15 is 0 Å². The van der Waals surface area contributed by atoms with Gasteiger partial charge in [-0.3, -0.25) is 14.4 Å². The molecule has 0 fully saturated rings. The Bertz CT molecular complexity index is 1000. The first-order chi connectivity index (χ1) is 14.2. The van der Waals surface area contributed by atoms with Crippen molar-refractivity contribution in [2.75, 3.05) is 17.7 Å². The molecule has 2 aromatic carbocycles. The molecule has 2 rings (SSSR count). The van der Waals surface area contributed by atoms with E-state index in [1.807, 2.05) is 13.0 Å². The van der Waals surface area contributed by atoms with Crippen LogP contribution < -0.4 is 20.8 Å². The molecule has 0 aliphatic rings. The van der Waals surface area contributed by atoms with E-state index in [9.17, 15) is 14.4 Å². The van der Waals surface area contributed by atoms with Crippen LogP contribution in [0.3, 0.4) is 0 Å². The van der Waals surface area contributed by atoms with Gasteiger partial charge in [0.05, 0.1) is 19.2 Å². The number of ether oxygens (including phenoxy) is 1. The number of halogens is 1. The number of carbonyl (C=O) groups is 3. The number of amides is 3. The molecule has 0 saturated carbocycles. The maximum Gasteiger partial charge on any atom is 0.329 e. The number of nitrogens with one attached hydrogen (secondary N) is 3. The van der Waals surface area contributed by atoms with Gasteiger partial charge in [0.1, 0.15) is 5.75 Å². The van der Waals surface area contributed by atoms with Crippen molar-refractivity contribution in [1.29, 1.82) is 0 Å². The second-order valence-corrected chi connectivity index (χ2v) is 6.99. The van der Waals surface area contributed by atoms with Crippen LogP contribution in [-0.4, -0.2) is 30.5 Å². The highest BCUT2D eigenvalue weighted by Gasteiger charge is 2.16. The summed E-state index contributed by atoms with van der Waals surface area (Å²) in [5.41, 5.74) is 5.06. The first kappa shape index (κ1) is 22.9. The van der Waals surface area contributed by atoms with Gasteiger partial charge in [-0.25, -0.2) is 5.43 Å². The minimum absolute atomic E-state index is 0.0699. The molecular weight excluding hydrogens is 408 g/mol. The fourth-order valence-corrected chi connectivity index (χ4v) is 2.68.